The predicted octanol–water partition coefficient (Wildman–Crippen LogP) is 2.06. The minimum atomic E-state index is -0.561. The smallest absolute Gasteiger partial charge is 0.161 e. The summed E-state index contributed by atoms with van der Waals surface area (Å²) in [5, 5.41) is 17.0. The molecule has 1 unspecified atom stereocenters. The van der Waals surface area contributed by atoms with Crippen LogP contribution in [0.1, 0.15) is 25.3 Å². The molecule has 3 rings (SSSR count). The molecular weight excluding hydrogens is 330 g/mol. The Morgan fingerprint density at radius 2 is 2.12 bits per heavy atom. The molecule has 1 atom stereocenters. The van der Waals surface area contributed by atoms with Crippen molar-refractivity contribution in [2.45, 2.75) is 25.9 Å². The molecule has 138 valence electrons. The number of nitrogens with one attached hydrogen (secondary N) is 1. The largest absolute Gasteiger partial charge is 0.491 e. The van der Waals surface area contributed by atoms with E-state index in [1.807, 2.05) is 30.5 Å². The van der Waals surface area contributed by atoms with Gasteiger partial charge in [-0.3, -0.25) is 0 Å². The van der Waals surface area contributed by atoms with E-state index >= 15 is 0 Å². The number of aromatic nitrogens is 3. The second-order valence-corrected chi connectivity index (χ2v) is 6.61. The third kappa shape index (κ3) is 3.79. The highest BCUT2D eigenvalue weighted by molar-refractivity contribution is 5.68. The van der Waals surface area contributed by atoms with Gasteiger partial charge in [-0.2, -0.15) is 9.61 Å². The molecule has 4 N–H and O–H groups in total. The fraction of sp³-hybridized carbons (Fsp3) is 0.368. The third-order valence-corrected chi connectivity index (χ3v) is 4.16. The monoisotopic (exact) mass is 355 g/mol. The van der Waals surface area contributed by atoms with E-state index in [0.29, 0.717) is 24.0 Å². The van der Waals surface area contributed by atoms with Gasteiger partial charge in [-0.25, -0.2) is 4.98 Å². The van der Waals surface area contributed by atoms with E-state index < -0.39 is 6.10 Å². The first kappa shape index (κ1) is 18.2. The van der Waals surface area contributed by atoms with E-state index in [0.717, 1.165) is 22.5 Å². The van der Waals surface area contributed by atoms with E-state index in [4.69, 9.17) is 15.5 Å². The number of nitrogens with two attached hydrogens (primary N) is 1. The van der Waals surface area contributed by atoms with Gasteiger partial charge in [0.25, 0.3) is 0 Å². The Bertz CT molecular complexity index is 891. The van der Waals surface area contributed by atoms with Crippen LogP contribution in [0.5, 0.6) is 5.75 Å². The highest BCUT2D eigenvalue weighted by atomic mass is 16.5. The molecule has 0 aliphatic rings. The Morgan fingerprint density at radius 3 is 2.85 bits per heavy atom. The Morgan fingerprint density at radius 1 is 1.31 bits per heavy atom. The summed E-state index contributed by atoms with van der Waals surface area (Å²) < 4.78 is 7.34. The zero-order valence-corrected chi connectivity index (χ0v) is 15.3. The molecule has 0 amide bonds. The number of fused-ring (bicyclic) bond motifs is 1. The molecule has 0 aliphatic carbocycles. The average Bonchev–Trinajstić information content (AvgIpc) is 3.05. The molecule has 7 nitrogen and oxygen atoms in total. The van der Waals surface area contributed by atoms with Gasteiger partial charge in [-0.15, -0.1) is 0 Å². The van der Waals surface area contributed by atoms with Crippen LogP contribution < -0.4 is 15.8 Å². The van der Waals surface area contributed by atoms with Crippen molar-refractivity contribution in [3.8, 4) is 17.0 Å². The standard InChI is InChI=1S/C19H25N5O2/c1-12(2)16-10-22-24-18(20)8-17(23-19(16)24)13-5-4-6-15(7-13)26-11-14(25)9-21-3/h4-8,10,12,14,21,25H,9,11,20H2,1-3H3. The van der Waals surface area contributed by atoms with Crippen molar-refractivity contribution in [1.29, 1.82) is 0 Å². The molecule has 0 saturated heterocycles. The lowest BCUT2D eigenvalue weighted by Crippen LogP contribution is -2.29. The molecule has 0 fully saturated rings. The van der Waals surface area contributed by atoms with Gasteiger partial charge in [0.1, 0.15) is 24.3 Å². The summed E-state index contributed by atoms with van der Waals surface area (Å²) in [6.45, 7) is 4.91. The van der Waals surface area contributed by atoms with Gasteiger partial charge in [-0.05, 0) is 25.1 Å². The number of aliphatic hydroxyl groups is 1. The van der Waals surface area contributed by atoms with Crippen LogP contribution in [0.15, 0.2) is 36.5 Å². The number of likely N-dealkylation sites (N-methyl/N-ethyl adjacent to an activating group) is 1. The van der Waals surface area contributed by atoms with E-state index in [1.165, 1.54) is 0 Å². The van der Waals surface area contributed by atoms with Gasteiger partial charge in [0.05, 0.1) is 11.9 Å². The van der Waals surface area contributed by atoms with Crippen LogP contribution in [0.2, 0.25) is 0 Å². The van der Waals surface area contributed by atoms with Gasteiger partial charge in [0.2, 0.25) is 0 Å². The van der Waals surface area contributed by atoms with Crippen molar-refractivity contribution in [3.63, 3.8) is 0 Å². The maximum Gasteiger partial charge on any atom is 0.161 e. The first-order valence-electron chi connectivity index (χ1n) is 8.69. The molecule has 2 heterocycles. The number of hydrogen-bond donors (Lipinski definition) is 3. The molecule has 7 heteroatoms. The average molecular weight is 355 g/mol. The molecule has 3 aromatic rings. The van der Waals surface area contributed by atoms with Crippen molar-refractivity contribution in [3.05, 3.63) is 42.1 Å². The maximum atomic E-state index is 9.78. The summed E-state index contributed by atoms with van der Waals surface area (Å²) in [6, 6.07) is 9.42. The number of nitrogens with zero attached hydrogens (tertiary/aromatic N) is 3. The SMILES string of the molecule is CNCC(O)COc1cccc(-c2cc(N)n3ncc(C(C)C)c3n2)c1. The van der Waals surface area contributed by atoms with E-state index in [2.05, 4.69) is 24.3 Å². The second-order valence-electron chi connectivity index (χ2n) is 6.61. The number of nitrogen functional groups attached to an aromatic ring is 1. The Balaban J connectivity index is 1.91. The molecule has 0 aliphatic heterocycles. The summed E-state index contributed by atoms with van der Waals surface area (Å²) in [4.78, 5) is 4.76. The summed E-state index contributed by atoms with van der Waals surface area (Å²) in [5.74, 6) is 1.51. The zero-order chi connectivity index (χ0) is 18.7. The number of anilines is 1. The summed E-state index contributed by atoms with van der Waals surface area (Å²) in [7, 11) is 1.79. The highest BCUT2D eigenvalue weighted by Crippen LogP contribution is 2.27. The number of hydrogen-bond acceptors (Lipinski definition) is 6. The molecule has 0 bridgehead atoms. The van der Waals surface area contributed by atoms with Crippen LogP contribution >= 0.6 is 0 Å². The lowest BCUT2D eigenvalue weighted by atomic mass is 10.1. The van der Waals surface area contributed by atoms with E-state index in [1.54, 1.807) is 17.6 Å². The van der Waals surface area contributed by atoms with Crippen molar-refractivity contribution in [2.75, 3.05) is 25.9 Å². The number of ether oxygens (including phenoxy) is 1. The Kier molecular flexibility index (Phi) is 5.39. The summed E-state index contributed by atoms with van der Waals surface area (Å²) in [5.41, 5.74) is 9.65. The molecule has 1 aromatic carbocycles. The van der Waals surface area contributed by atoms with Gasteiger partial charge in [-0.1, -0.05) is 26.0 Å². The minimum absolute atomic E-state index is 0.221. The molecule has 26 heavy (non-hydrogen) atoms. The van der Waals surface area contributed by atoms with Gasteiger partial charge >= 0.3 is 0 Å². The fourth-order valence-corrected chi connectivity index (χ4v) is 2.79. The second kappa shape index (κ2) is 7.72. The molecule has 0 saturated carbocycles. The maximum absolute atomic E-state index is 9.78. The topological polar surface area (TPSA) is 97.7 Å². The van der Waals surface area contributed by atoms with Crippen LogP contribution in [0.3, 0.4) is 0 Å². The molecular formula is C19H25N5O2. The van der Waals surface area contributed by atoms with Crippen LogP contribution in [-0.2, 0) is 0 Å². The summed E-state index contributed by atoms with van der Waals surface area (Å²) in [6.07, 6.45) is 1.25. The van der Waals surface area contributed by atoms with E-state index in [-0.39, 0.29) is 6.61 Å². The number of aliphatic hydroxyl groups excluding tert-OH is 1. The lowest BCUT2D eigenvalue weighted by Gasteiger charge is -2.13. The normalized spacial score (nSPS) is 12.7. The van der Waals surface area contributed by atoms with Crippen molar-refractivity contribution < 1.29 is 9.84 Å². The quantitative estimate of drug-likeness (QED) is 0.600. The fourth-order valence-electron chi connectivity index (χ4n) is 2.79. The molecule has 0 spiro atoms. The number of rotatable bonds is 7. The number of benzene rings is 1. The van der Waals surface area contributed by atoms with Crippen LogP contribution in [-0.4, -0.2) is 46.0 Å². The Labute approximate surface area is 152 Å². The van der Waals surface area contributed by atoms with Crippen LogP contribution in [0, 0.1) is 0 Å². The van der Waals surface area contributed by atoms with Gasteiger partial charge < -0.3 is 20.9 Å². The lowest BCUT2D eigenvalue weighted by molar-refractivity contribution is 0.108. The molecule has 0 radical (unpaired) electrons. The van der Waals surface area contributed by atoms with E-state index in [9.17, 15) is 5.11 Å². The van der Waals surface area contributed by atoms with Crippen molar-refractivity contribution in [2.24, 2.45) is 0 Å². The van der Waals surface area contributed by atoms with Crippen molar-refractivity contribution in [1.82, 2.24) is 19.9 Å². The summed E-state index contributed by atoms with van der Waals surface area (Å²) >= 11 is 0. The zero-order valence-electron chi connectivity index (χ0n) is 15.3. The Hall–Kier alpha value is -2.64. The van der Waals surface area contributed by atoms with Gasteiger partial charge in [0.15, 0.2) is 5.65 Å². The third-order valence-electron chi connectivity index (χ3n) is 4.16. The first-order chi connectivity index (χ1) is 12.5. The van der Waals surface area contributed by atoms with Gasteiger partial charge in [0, 0.05) is 23.7 Å². The predicted molar refractivity (Wildman–Crippen MR) is 102 cm³/mol. The van der Waals surface area contributed by atoms with Crippen LogP contribution in [0.25, 0.3) is 16.9 Å². The molecule has 2 aromatic heterocycles. The van der Waals surface area contributed by atoms with Crippen LogP contribution in [0.4, 0.5) is 5.82 Å². The van der Waals surface area contributed by atoms with Crippen molar-refractivity contribution >= 4 is 11.5 Å². The first-order valence-corrected chi connectivity index (χ1v) is 8.69. The highest BCUT2D eigenvalue weighted by Gasteiger charge is 2.14. The minimum Gasteiger partial charge on any atom is -0.491 e.